The Kier molecular flexibility index (Phi) is 8.11. The summed E-state index contributed by atoms with van der Waals surface area (Å²) < 4.78 is 33.5. The molecule has 0 saturated carbocycles. The molecule has 0 fully saturated rings. The highest BCUT2D eigenvalue weighted by Crippen LogP contribution is 2.26. The molecule has 0 saturated heterocycles. The molecule has 0 radical (unpaired) electrons. The fourth-order valence-corrected chi connectivity index (χ4v) is 4.94. The molecule has 1 atom stereocenters. The number of hydrogen-bond donors (Lipinski definition) is 1. The van der Waals surface area contributed by atoms with Gasteiger partial charge in [-0.05, 0) is 62.2 Å². The zero-order valence-corrected chi connectivity index (χ0v) is 20.0. The van der Waals surface area contributed by atoms with Crippen molar-refractivity contribution in [3.63, 3.8) is 0 Å². The van der Waals surface area contributed by atoms with Crippen molar-refractivity contribution in [3.8, 4) is 5.75 Å². The van der Waals surface area contributed by atoms with Gasteiger partial charge >= 0.3 is 0 Å². The van der Waals surface area contributed by atoms with Crippen molar-refractivity contribution in [3.05, 3.63) is 90.0 Å². The van der Waals surface area contributed by atoms with Gasteiger partial charge in [-0.15, -0.1) is 0 Å². The van der Waals surface area contributed by atoms with Crippen LogP contribution in [0.5, 0.6) is 5.75 Å². The van der Waals surface area contributed by atoms with Crippen LogP contribution >= 0.6 is 0 Å². The minimum atomic E-state index is -3.96. The maximum absolute atomic E-state index is 13.5. The molecule has 3 aromatic rings. The number of carbonyl (C=O) groups excluding carboxylic acids is 1. The first-order valence-electron chi connectivity index (χ1n) is 11.0. The van der Waals surface area contributed by atoms with E-state index in [2.05, 4.69) is 5.32 Å². The van der Waals surface area contributed by atoms with E-state index in [9.17, 15) is 13.2 Å². The standard InChI is InChI=1S/C26H30N2O4S/c1-4-25(21-13-11-20(3)12-14-21)27-26(29)19-28(22-15-17-23(18-16-22)32-5-2)33(30,31)24-9-7-6-8-10-24/h6-18,25H,4-5,19H2,1-3H3,(H,27,29)/t25-/m1/s1. The Balaban J connectivity index is 1.88. The fourth-order valence-electron chi connectivity index (χ4n) is 3.50. The van der Waals surface area contributed by atoms with Crippen LogP contribution in [0.15, 0.2) is 83.8 Å². The molecule has 0 bridgehead atoms. The van der Waals surface area contributed by atoms with Crippen LogP contribution < -0.4 is 14.4 Å². The smallest absolute Gasteiger partial charge is 0.264 e. The van der Waals surface area contributed by atoms with Crippen molar-refractivity contribution in [1.82, 2.24) is 5.32 Å². The van der Waals surface area contributed by atoms with E-state index in [1.165, 1.54) is 12.1 Å². The number of sulfonamides is 1. The van der Waals surface area contributed by atoms with Gasteiger partial charge in [-0.25, -0.2) is 8.42 Å². The summed E-state index contributed by atoms with van der Waals surface area (Å²) in [7, 11) is -3.96. The minimum absolute atomic E-state index is 0.122. The average Bonchev–Trinajstić information content (AvgIpc) is 2.83. The molecule has 0 aliphatic carbocycles. The number of aryl methyl sites for hydroxylation is 1. The van der Waals surface area contributed by atoms with Crippen molar-refractivity contribution in [2.75, 3.05) is 17.5 Å². The number of carbonyl (C=O) groups is 1. The average molecular weight is 467 g/mol. The molecule has 3 rings (SSSR count). The first-order valence-corrected chi connectivity index (χ1v) is 12.5. The molecule has 174 valence electrons. The molecular weight excluding hydrogens is 436 g/mol. The third kappa shape index (κ3) is 6.14. The number of rotatable bonds is 10. The van der Waals surface area contributed by atoms with Crippen molar-refractivity contribution < 1.29 is 17.9 Å². The predicted octanol–water partition coefficient (Wildman–Crippen LogP) is 4.86. The number of hydrogen-bond acceptors (Lipinski definition) is 4. The van der Waals surface area contributed by atoms with Crippen LogP contribution in [0.25, 0.3) is 0 Å². The first-order chi connectivity index (χ1) is 15.8. The molecule has 0 aromatic heterocycles. The SMILES string of the molecule is CCOc1ccc(N(CC(=O)N[C@H](CC)c2ccc(C)cc2)S(=O)(=O)c2ccccc2)cc1. The topological polar surface area (TPSA) is 75.7 Å². The van der Waals surface area contributed by atoms with Crippen LogP contribution in [0.1, 0.15) is 37.4 Å². The number of nitrogens with one attached hydrogen (secondary N) is 1. The van der Waals surface area contributed by atoms with E-state index in [1.807, 2.05) is 45.0 Å². The Bertz CT molecular complexity index is 1150. The Morgan fingerprint density at radius 1 is 0.939 bits per heavy atom. The van der Waals surface area contributed by atoms with Gasteiger partial charge in [-0.3, -0.25) is 9.10 Å². The van der Waals surface area contributed by atoms with Gasteiger partial charge in [0.1, 0.15) is 12.3 Å². The highest BCUT2D eigenvalue weighted by molar-refractivity contribution is 7.92. The van der Waals surface area contributed by atoms with Crippen molar-refractivity contribution in [2.24, 2.45) is 0 Å². The Labute approximate surface area is 196 Å². The normalized spacial score (nSPS) is 12.1. The summed E-state index contributed by atoms with van der Waals surface area (Å²) in [6.07, 6.45) is 0.684. The lowest BCUT2D eigenvalue weighted by molar-refractivity contribution is -0.120. The molecular formula is C26H30N2O4S. The molecule has 1 amide bonds. The molecule has 1 N–H and O–H groups in total. The second kappa shape index (κ2) is 11.0. The summed E-state index contributed by atoms with van der Waals surface area (Å²) >= 11 is 0. The lowest BCUT2D eigenvalue weighted by Crippen LogP contribution is -2.42. The lowest BCUT2D eigenvalue weighted by atomic mass is 10.0. The summed E-state index contributed by atoms with van der Waals surface area (Å²) in [5.74, 6) is 0.254. The summed E-state index contributed by atoms with van der Waals surface area (Å²) in [5.41, 5.74) is 2.51. The van der Waals surface area contributed by atoms with E-state index < -0.39 is 10.0 Å². The van der Waals surface area contributed by atoms with E-state index in [0.29, 0.717) is 24.5 Å². The quantitative estimate of drug-likeness (QED) is 0.463. The molecule has 0 unspecified atom stereocenters. The third-order valence-corrected chi connectivity index (χ3v) is 7.07. The second-order valence-corrected chi connectivity index (χ2v) is 9.55. The maximum Gasteiger partial charge on any atom is 0.264 e. The van der Waals surface area contributed by atoms with Gasteiger partial charge in [0.2, 0.25) is 5.91 Å². The van der Waals surface area contributed by atoms with Crippen molar-refractivity contribution in [2.45, 2.75) is 38.1 Å². The van der Waals surface area contributed by atoms with Gasteiger partial charge in [-0.2, -0.15) is 0 Å². The molecule has 0 heterocycles. The first kappa shape index (κ1) is 24.3. The largest absolute Gasteiger partial charge is 0.494 e. The van der Waals surface area contributed by atoms with Gasteiger partial charge in [0.05, 0.1) is 23.2 Å². The predicted molar refractivity (Wildman–Crippen MR) is 131 cm³/mol. The van der Waals surface area contributed by atoms with Gasteiger partial charge in [0, 0.05) is 0 Å². The molecule has 0 aliphatic rings. The van der Waals surface area contributed by atoms with Crippen LogP contribution in [-0.4, -0.2) is 27.5 Å². The van der Waals surface area contributed by atoms with Crippen LogP contribution in [0.2, 0.25) is 0 Å². The zero-order valence-electron chi connectivity index (χ0n) is 19.2. The molecule has 3 aromatic carbocycles. The number of ether oxygens (including phenoxy) is 1. The molecule has 6 nitrogen and oxygen atoms in total. The Hall–Kier alpha value is -3.32. The summed E-state index contributed by atoms with van der Waals surface area (Å²) in [6, 6.07) is 22.6. The highest BCUT2D eigenvalue weighted by Gasteiger charge is 2.28. The minimum Gasteiger partial charge on any atom is -0.494 e. The van der Waals surface area contributed by atoms with Crippen LogP contribution in [0, 0.1) is 6.92 Å². The van der Waals surface area contributed by atoms with E-state index in [4.69, 9.17) is 4.74 Å². The number of nitrogens with zero attached hydrogens (tertiary/aromatic N) is 1. The second-order valence-electron chi connectivity index (χ2n) is 7.69. The van der Waals surface area contributed by atoms with Crippen LogP contribution in [0.3, 0.4) is 0 Å². The Morgan fingerprint density at radius 3 is 2.15 bits per heavy atom. The molecule has 0 aliphatic heterocycles. The Morgan fingerprint density at radius 2 is 1.58 bits per heavy atom. The van der Waals surface area contributed by atoms with Gasteiger partial charge in [0.25, 0.3) is 10.0 Å². The molecule has 33 heavy (non-hydrogen) atoms. The fraction of sp³-hybridized carbons (Fsp3) is 0.269. The summed E-state index contributed by atoms with van der Waals surface area (Å²) in [6.45, 7) is 6.03. The number of amides is 1. The summed E-state index contributed by atoms with van der Waals surface area (Å²) in [5, 5.41) is 2.99. The summed E-state index contributed by atoms with van der Waals surface area (Å²) in [4.78, 5) is 13.2. The van der Waals surface area contributed by atoms with E-state index in [-0.39, 0.29) is 23.4 Å². The van der Waals surface area contributed by atoms with Gasteiger partial charge in [0.15, 0.2) is 0 Å². The monoisotopic (exact) mass is 466 g/mol. The third-order valence-electron chi connectivity index (χ3n) is 5.28. The maximum atomic E-state index is 13.5. The molecule has 0 spiro atoms. The van der Waals surface area contributed by atoms with Crippen LogP contribution in [-0.2, 0) is 14.8 Å². The van der Waals surface area contributed by atoms with Crippen LogP contribution in [0.4, 0.5) is 5.69 Å². The number of benzene rings is 3. The van der Waals surface area contributed by atoms with Gasteiger partial charge < -0.3 is 10.1 Å². The van der Waals surface area contributed by atoms with E-state index in [1.54, 1.807) is 42.5 Å². The lowest BCUT2D eigenvalue weighted by Gasteiger charge is -2.26. The number of anilines is 1. The van der Waals surface area contributed by atoms with Crippen molar-refractivity contribution in [1.29, 1.82) is 0 Å². The van der Waals surface area contributed by atoms with E-state index >= 15 is 0 Å². The molecule has 7 heteroatoms. The van der Waals surface area contributed by atoms with Crippen molar-refractivity contribution >= 4 is 21.6 Å². The van der Waals surface area contributed by atoms with E-state index in [0.717, 1.165) is 15.4 Å². The highest BCUT2D eigenvalue weighted by atomic mass is 32.2. The van der Waals surface area contributed by atoms with Gasteiger partial charge in [-0.1, -0.05) is 55.0 Å². The zero-order chi connectivity index (χ0) is 23.8.